The van der Waals surface area contributed by atoms with E-state index in [9.17, 15) is 0 Å². The van der Waals surface area contributed by atoms with E-state index < -0.39 is 0 Å². The minimum atomic E-state index is 0. The zero-order valence-corrected chi connectivity index (χ0v) is 6.57. The number of hydrogen-bond donors (Lipinski definition) is 1. The van der Waals surface area contributed by atoms with Gasteiger partial charge in [0.2, 0.25) is 0 Å². The molecule has 8 heavy (non-hydrogen) atoms. The molecule has 0 aliphatic carbocycles. The maximum absolute atomic E-state index is 8.70. The minimum absolute atomic E-state index is 0. The molecule has 0 aromatic rings. The standard InChI is InChI=1S/CH3NO2.HNO2.Na.H/c1-4-2-3;2-1-3;;/h1H3;(H,2,3);;/q;;+1;-1. The van der Waals surface area contributed by atoms with Gasteiger partial charge in [-0.1, -0.05) is 0 Å². The van der Waals surface area contributed by atoms with Gasteiger partial charge in [0.15, 0.2) is 10.7 Å². The average molecular weight is 132 g/mol. The van der Waals surface area contributed by atoms with Gasteiger partial charge in [-0.2, -0.15) is 0 Å². The molecule has 1 N–H and O–H groups in total. The molecule has 0 bridgehead atoms. The fourth-order valence-corrected chi connectivity index (χ4v) is 0. The van der Waals surface area contributed by atoms with E-state index in [1.54, 1.807) is 0 Å². The Kier molecular flexibility index (Phi) is 57.1. The largest absolute Gasteiger partial charge is 1.00 e. The predicted molar refractivity (Wildman–Crippen MR) is 21.5 cm³/mol. The smallest absolute Gasteiger partial charge is 1.00 e. The van der Waals surface area contributed by atoms with Crippen molar-refractivity contribution < 1.29 is 41.0 Å². The van der Waals surface area contributed by atoms with Crippen LogP contribution in [0.1, 0.15) is 1.43 Å². The van der Waals surface area contributed by atoms with Gasteiger partial charge in [-0.25, -0.2) is 0 Å². The first kappa shape index (κ1) is 15.7. The topological polar surface area (TPSA) is 88.3 Å². The molecule has 0 aromatic carbocycles. The van der Waals surface area contributed by atoms with Gasteiger partial charge in [0, 0.05) is 0 Å². The Hall–Kier alpha value is -0.200. The van der Waals surface area contributed by atoms with Crippen LogP contribution in [0.5, 0.6) is 0 Å². The number of hydrogen-bond acceptors (Lipinski definition) is 5. The Morgan fingerprint density at radius 1 is 1.62 bits per heavy atom. The molecule has 44 valence electrons. The summed E-state index contributed by atoms with van der Waals surface area (Å²) in [5.74, 6) is 0. The van der Waals surface area contributed by atoms with E-state index in [-0.39, 0.29) is 31.0 Å². The van der Waals surface area contributed by atoms with Crippen molar-refractivity contribution in [2.75, 3.05) is 7.11 Å². The quantitative estimate of drug-likeness (QED) is 0.244. The molecule has 0 aliphatic rings. The van der Waals surface area contributed by atoms with Crippen LogP contribution in [0.15, 0.2) is 10.7 Å². The summed E-state index contributed by atoms with van der Waals surface area (Å²) in [7, 11) is 1.20. The van der Waals surface area contributed by atoms with E-state index in [0.717, 1.165) is 0 Å². The summed E-state index contributed by atoms with van der Waals surface area (Å²) in [4.78, 5) is 20.4. The Morgan fingerprint density at radius 3 is 1.75 bits per heavy atom. The van der Waals surface area contributed by atoms with Crippen LogP contribution in [0.3, 0.4) is 0 Å². The van der Waals surface area contributed by atoms with Crippen molar-refractivity contribution in [2.24, 2.45) is 10.7 Å². The normalized spacial score (nSPS) is 4.12. The zero-order chi connectivity index (χ0) is 6.12. The van der Waals surface area contributed by atoms with Gasteiger partial charge >= 0.3 is 29.6 Å². The molecule has 7 heteroatoms. The van der Waals surface area contributed by atoms with Gasteiger partial charge in [-0.3, -0.25) is 0 Å². The molecule has 0 heterocycles. The summed E-state index contributed by atoms with van der Waals surface area (Å²) in [5.41, 5.74) is 0. The summed E-state index contributed by atoms with van der Waals surface area (Å²) in [6, 6.07) is 0. The summed E-state index contributed by atoms with van der Waals surface area (Å²) in [5, 5.41) is 9.88. The van der Waals surface area contributed by atoms with Crippen molar-refractivity contribution in [3.63, 3.8) is 0 Å². The van der Waals surface area contributed by atoms with Crippen LogP contribution in [-0.2, 0) is 4.84 Å². The fraction of sp³-hybridized carbons (Fsp3) is 1.00. The van der Waals surface area contributed by atoms with Crippen LogP contribution in [0, 0.1) is 9.81 Å². The van der Waals surface area contributed by atoms with E-state index in [1.165, 1.54) is 12.4 Å². The van der Waals surface area contributed by atoms with E-state index in [0.29, 0.717) is 0 Å². The van der Waals surface area contributed by atoms with E-state index in [4.69, 9.17) is 15.0 Å². The first-order valence-corrected chi connectivity index (χ1v) is 1.16. The predicted octanol–water partition coefficient (Wildman–Crippen LogP) is -2.43. The second-order valence-corrected chi connectivity index (χ2v) is 0.339. The van der Waals surface area contributed by atoms with Gasteiger partial charge in [-0.15, -0.1) is 9.81 Å². The van der Waals surface area contributed by atoms with Gasteiger partial charge in [0.1, 0.15) is 7.11 Å². The Morgan fingerprint density at radius 2 is 1.75 bits per heavy atom. The van der Waals surface area contributed by atoms with E-state index >= 15 is 0 Å². The molecule has 0 fully saturated rings. The van der Waals surface area contributed by atoms with Crippen LogP contribution in [0.25, 0.3) is 0 Å². The van der Waals surface area contributed by atoms with Gasteiger partial charge < -0.3 is 11.5 Å². The summed E-state index contributed by atoms with van der Waals surface area (Å²) in [6.45, 7) is 0. The zero-order valence-electron chi connectivity index (χ0n) is 5.57. The van der Waals surface area contributed by atoms with Crippen molar-refractivity contribution in [1.29, 1.82) is 0 Å². The second-order valence-electron chi connectivity index (χ2n) is 0.339. The average Bonchev–Trinajstić information content (AvgIpc) is 1.69. The molecule has 6 nitrogen and oxygen atoms in total. The summed E-state index contributed by atoms with van der Waals surface area (Å²) < 4.78 is 0. The summed E-state index contributed by atoms with van der Waals surface area (Å²) >= 11 is 0. The molecular weight excluding hydrogens is 127 g/mol. The molecule has 0 radical (unpaired) electrons. The van der Waals surface area contributed by atoms with Crippen molar-refractivity contribution in [2.45, 2.75) is 0 Å². The summed E-state index contributed by atoms with van der Waals surface area (Å²) in [6.07, 6.45) is 0. The molecular formula is CH5N2NaO4. The van der Waals surface area contributed by atoms with Gasteiger partial charge in [0.25, 0.3) is 0 Å². The molecule has 0 saturated heterocycles. The molecule has 0 spiro atoms. The molecule has 0 rings (SSSR count). The Bertz CT molecular complexity index is 53.8. The van der Waals surface area contributed by atoms with Crippen molar-refractivity contribution in [3.05, 3.63) is 9.81 Å². The van der Waals surface area contributed by atoms with Gasteiger partial charge in [-0.05, 0) is 0 Å². The molecule has 0 amide bonds. The van der Waals surface area contributed by atoms with Crippen LogP contribution >= 0.6 is 0 Å². The number of nitrogens with zero attached hydrogens (tertiary/aromatic N) is 2. The van der Waals surface area contributed by atoms with Crippen molar-refractivity contribution in [3.8, 4) is 0 Å². The third kappa shape index (κ3) is 209. The molecule has 0 aliphatic heterocycles. The maximum atomic E-state index is 8.70. The van der Waals surface area contributed by atoms with Crippen LogP contribution in [-0.4, -0.2) is 12.3 Å². The van der Waals surface area contributed by atoms with Crippen LogP contribution in [0.4, 0.5) is 0 Å². The molecule has 0 atom stereocenters. The molecule has 0 unspecified atom stereocenters. The molecule has 0 saturated carbocycles. The molecule has 0 aromatic heterocycles. The second kappa shape index (κ2) is 29.2. The number of rotatable bonds is 1. The third-order valence-corrected chi connectivity index (χ3v) is 0.0745. The Labute approximate surface area is 68.8 Å². The maximum Gasteiger partial charge on any atom is 1.00 e. The first-order valence-electron chi connectivity index (χ1n) is 1.16. The van der Waals surface area contributed by atoms with Crippen molar-refractivity contribution >= 4 is 0 Å². The van der Waals surface area contributed by atoms with Crippen molar-refractivity contribution in [1.82, 2.24) is 0 Å². The first-order chi connectivity index (χ1) is 3.33. The third-order valence-electron chi connectivity index (χ3n) is 0.0745. The monoisotopic (exact) mass is 132 g/mol. The SMILES string of the molecule is CON=O.O=NO.[H-].[Na+]. The fourth-order valence-electron chi connectivity index (χ4n) is 0. The minimum Gasteiger partial charge on any atom is -1.00 e. The Balaban J connectivity index is -0.0000000233. The van der Waals surface area contributed by atoms with E-state index in [2.05, 4.69) is 4.84 Å². The van der Waals surface area contributed by atoms with E-state index in [1.807, 2.05) is 5.34 Å². The van der Waals surface area contributed by atoms with Crippen LogP contribution in [0.2, 0.25) is 0 Å². The van der Waals surface area contributed by atoms with Crippen LogP contribution < -0.4 is 29.6 Å². The van der Waals surface area contributed by atoms with Gasteiger partial charge in [0.05, 0.1) is 0 Å².